The molecule has 0 aromatic heterocycles. The highest BCUT2D eigenvalue weighted by Crippen LogP contribution is 2.65. The topological polar surface area (TPSA) is 200 Å². The third kappa shape index (κ3) is 9.65. The van der Waals surface area contributed by atoms with Gasteiger partial charge in [0.05, 0.1) is 19.2 Å². The zero-order valence-corrected chi connectivity index (χ0v) is 30.2. The molecule has 1 heterocycles. The highest BCUT2D eigenvalue weighted by molar-refractivity contribution is 6.38. The van der Waals surface area contributed by atoms with Crippen molar-refractivity contribution in [3.63, 3.8) is 0 Å². The third-order valence-corrected chi connectivity index (χ3v) is 10.5. The van der Waals surface area contributed by atoms with Gasteiger partial charge < -0.3 is 36.0 Å². The normalized spacial score (nSPS) is 22.5. The number of ether oxygens (including phenoxy) is 1. The summed E-state index contributed by atoms with van der Waals surface area (Å²) in [5.41, 5.74) is 0.101. The van der Waals surface area contributed by atoms with Gasteiger partial charge in [-0.05, 0) is 53.9 Å². The Balaban J connectivity index is 1.44. The third-order valence-electron chi connectivity index (χ3n) is 10.5. The number of alkyl carbamates (subject to hydrolysis) is 1. The summed E-state index contributed by atoms with van der Waals surface area (Å²) in [6.45, 7) is 9.55. The molecule has 3 fully saturated rings. The van der Waals surface area contributed by atoms with Gasteiger partial charge in [0.15, 0.2) is 6.04 Å². The SMILES string of the molecule is CCCC(NC(=O)[C@@H]1C2[C@H](CN1C(=O)[C@@H](NC(=O)OCC(C)C)C1CCCCC1)C2(C)C)C(=O)C(=O)NCC(=O)N[C@H](C(=O)O)c1ccccc1. The summed E-state index contributed by atoms with van der Waals surface area (Å²) in [5.74, 6) is -5.24. The number of hydrogen-bond acceptors (Lipinski definition) is 8. The number of Topliss-reactive ketones (excluding diaryl/α,β-unsaturated/α-hetero) is 1. The molecule has 5 N–H and O–H groups in total. The van der Waals surface area contributed by atoms with E-state index in [1.54, 1.807) is 25.1 Å². The summed E-state index contributed by atoms with van der Waals surface area (Å²) in [6.07, 6.45) is 4.31. The maximum atomic E-state index is 14.3. The summed E-state index contributed by atoms with van der Waals surface area (Å²) in [7, 11) is 0. The Bertz CT molecular complexity index is 1460. The summed E-state index contributed by atoms with van der Waals surface area (Å²) in [4.78, 5) is 93.3. The molecule has 14 nitrogen and oxygen atoms in total. The minimum atomic E-state index is -1.36. The van der Waals surface area contributed by atoms with E-state index in [4.69, 9.17) is 4.74 Å². The highest BCUT2D eigenvalue weighted by atomic mass is 16.5. The van der Waals surface area contributed by atoms with Crippen LogP contribution in [0.15, 0.2) is 30.3 Å². The van der Waals surface area contributed by atoms with Crippen molar-refractivity contribution in [2.24, 2.45) is 29.1 Å². The second kappa shape index (κ2) is 17.1. The van der Waals surface area contributed by atoms with Crippen molar-refractivity contribution in [2.45, 2.75) is 104 Å². The number of piperidine rings is 1. The van der Waals surface area contributed by atoms with Crippen molar-refractivity contribution in [3.8, 4) is 0 Å². The fraction of sp³-hybridized carbons (Fsp3) is 0.649. The average molecular weight is 712 g/mol. The number of carboxylic acids is 1. The molecule has 51 heavy (non-hydrogen) atoms. The van der Waals surface area contributed by atoms with Crippen molar-refractivity contribution in [1.29, 1.82) is 0 Å². The summed E-state index contributed by atoms with van der Waals surface area (Å²) in [6, 6.07) is 3.67. The van der Waals surface area contributed by atoms with Crippen LogP contribution >= 0.6 is 0 Å². The van der Waals surface area contributed by atoms with E-state index < -0.39 is 66.3 Å². The van der Waals surface area contributed by atoms with Crippen LogP contribution in [-0.4, -0.2) is 89.3 Å². The van der Waals surface area contributed by atoms with E-state index in [1.165, 1.54) is 17.0 Å². The molecule has 2 saturated carbocycles. The fourth-order valence-electron chi connectivity index (χ4n) is 7.62. The Hall–Kier alpha value is -4.49. The van der Waals surface area contributed by atoms with Crippen LogP contribution < -0.4 is 21.3 Å². The van der Waals surface area contributed by atoms with Gasteiger partial charge in [0.1, 0.15) is 12.1 Å². The van der Waals surface area contributed by atoms with Gasteiger partial charge in [-0.15, -0.1) is 0 Å². The molecule has 3 aliphatic rings. The number of ketones is 1. The Morgan fingerprint density at radius 1 is 0.961 bits per heavy atom. The molecular formula is C37H53N5O9. The van der Waals surface area contributed by atoms with E-state index >= 15 is 0 Å². The zero-order valence-electron chi connectivity index (χ0n) is 30.2. The first-order valence-electron chi connectivity index (χ1n) is 18.1. The Labute approximate surface area is 299 Å². The number of aliphatic carboxylic acids is 1. The molecule has 4 rings (SSSR count). The van der Waals surface area contributed by atoms with Crippen LogP contribution in [0, 0.1) is 29.1 Å². The molecule has 6 atom stereocenters. The number of nitrogens with one attached hydrogen (secondary N) is 4. The standard InChI is InChI=1S/C37H53N5O9/c1-6-13-25(31(44)33(46)38-18-26(43)40-29(35(48)49)23-16-11-8-12-17-23)39-32(45)30-27-24(37(27,4)5)19-42(30)34(47)28(22-14-9-7-10-15-22)41-36(50)51-20-21(2)3/h8,11-12,16-17,21-22,24-25,27-30H,6-7,9-10,13-15,18-20H2,1-5H3,(H,38,46)(H,39,45)(H,40,43)(H,41,50)(H,48,49)/t24-,25?,27?,28-,29-,30-/m0/s1. The van der Waals surface area contributed by atoms with Crippen molar-refractivity contribution < 1.29 is 43.4 Å². The average Bonchev–Trinajstić information content (AvgIpc) is 3.40. The highest BCUT2D eigenvalue weighted by Gasteiger charge is 2.69. The number of carbonyl (C=O) groups is 7. The summed E-state index contributed by atoms with van der Waals surface area (Å²) >= 11 is 0. The van der Waals surface area contributed by atoms with E-state index in [0.29, 0.717) is 18.5 Å². The van der Waals surface area contributed by atoms with E-state index in [-0.39, 0.29) is 48.0 Å². The van der Waals surface area contributed by atoms with Gasteiger partial charge in [-0.1, -0.05) is 90.6 Å². The van der Waals surface area contributed by atoms with Gasteiger partial charge in [0.2, 0.25) is 23.5 Å². The second-order valence-corrected chi connectivity index (χ2v) is 15.0. The van der Waals surface area contributed by atoms with E-state index in [0.717, 1.165) is 32.1 Å². The van der Waals surface area contributed by atoms with E-state index in [2.05, 4.69) is 21.3 Å². The zero-order chi connectivity index (χ0) is 37.5. The molecule has 5 amide bonds. The first-order chi connectivity index (χ1) is 24.2. The van der Waals surface area contributed by atoms with Crippen molar-refractivity contribution in [2.75, 3.05) is 19.7 Å². The number of fused-ring (bicyclic) bond motifs is 1. The Morgan fingerprint density at radius 2 is 1.63 bits per heavy atom. The van der Waals surface area contributed by atoms with Crippen molar-refractivity contribution >= 4 is 41.5 Å². The van der Waals surface area contributed by atoms with Crippen LogP contribution in [0.1, 0.15) is 91.2 Å². The monoisotopic (exact) mass is 711 g/mol. The number of carbonyl (C=O) groups excluding carboxylic acids is 6. The van der Waals surface area contributed by atoms with Crippen LogP contribution in [0.5, 0.6) is 0 Å². The number of benzene rings is 1. The number of amides is 5. The number of nitrogens with zero attached hydrogens (tertiary/aromatic N) is 1. The summed E-state index contributed by atoms with van der Waals surface area (Å²) < 4.78 is 5.36. The number of carboxylic acid groups (broad SMARTS) is 1. The molecule has 0 spiro atoms. The lowest BCUT2D eigenvalue weighted by molar-refractivity contribution is -0.145. The predicted molar refractivity (Wildman–Crippen MR) is 186 cm³/mol. The quantitative estimate of drug-likeness (QED) is 0.160. The van der Waals surface area contributed by atoms with E-state index in [1.807, 2.05) is 27.7 Å². The lowest BCUT2D eigenvalue weighted by Gasteiger charge is -2.37. The minimum absolute atomic E-state index is 0.0461. The first-order valence-corrected chi connectivity index (χ1v) is 18.1. The first kappa shape index (κ1) is 39.3. The van der Waals surface area contributed by atoms with Crippen molar-refractivity contribution in [3.05, 3.63) is 35.9 Å². The molecular weight excluding hydrogens is 658 g/mol. The van der Waals surface area contributed by atoms with Crippen molar-refractivity contribution in [1.82, 2.24) is 26.2 Å². The van der Waals surface area contributed by atoms with E-state index in [9.17, 15) is 38.7 Å². The van der Waals surface area contributed by atoms with Gasteiger partial charge in [0, 0.05) is 6.54 Å². The molecule has 14 heteroatoms. The molecule has 0 bridgehead atoms. The van der Waals surface area contributed by atoms with Crippen LogP contribution in [0.25, 0.3) is 0 Å². The second-order valence-electron chi connectivity index (χ2n) is 15.0. The Kier molecular flexibility index (Phi) is 13.2. The number of likely N-dealkylation sites (tertiary alicyclic amines) is 1. The molecule has 0 radical (unpaired) electrons. The maximum Gasteiger partial charge on any atom is 0.407 e. The molecule has 1 aromatic carbocycles. The smallest absolute Gasteiger partial charge is 0.407 e. The molecule has 1 aliphatic heterocycles. The molecule has 1 aromatic rings. The van der Waals surface area contributed by atoms with Gasteiger partial charge in [-0.25, -0.2) is 9.59 Å². The fourth-order valence-corrected chi connectivity index (χ4v) is 7.62. The van der Waals surface area contributed by atoms with Gasteiger partial charge in [-0.3, -0.25) is 24.0 Å². The van der Waals surface area contributed by atoms with Gasteiger partial charge in [-0.2, -0.15) is 0 Å². The van der Waals surface area contributed by atoms with Gasteiger partial charge in [0.25, 0.3) is 5.91 Å². The Morgan fingerprint density at radius 3 is 2.24 bits per heavy atom. The van der Waals surface area contributed by atoms with Gasteiger partial charge >= 0.3 is 12.1 Å². The molecule has 2 aliphatic carbocycles. The molecule has 280 valence electrons. The number of hydrogen-bond donors (Lipinski definition) is 5. The number of rotatable bonds is 16. The maximum absolute atomic E-state index is 14.3. The van der Waals surface area contributed by atoms with Crippen LogP contribution in [0.3, 0.4) is 0 Å². The largest absolute Gasteiger partial charge is 0.479 e. The summed E-state index contributed by atoms with van der Waals surface area (Å²) in [5, 5.41) is 19.7. The molecule has 2 unspecified atom stereocenters. The van der Waals surface area contributed by atoms with Crippen LogP contribution in [0.4, 0.5) is 4.79 Å². The molecule has 1 saturated heterocycles. The van der Waals surface area contributed by atoms with Crippen LogP contribution in [-0.2, 0) is 33.5 Å². The predicted octanol–water partition coefficient (Wildman–Crippen LogP) is 2.71. The minimum Gasteiger partial charge on any atom is -0.479 e. The lowest BCUT2D eigenvalue weighted by Crippen LogP contribution is -2.59. The lowest BCUT2D eigenvalue weighted by atomic mass is 9.83. The van der Waals surface area contributed by atoms with Crippen LogP contribution in [0.2, 0.25) is 0 Å².